The molecule has 2 N–H and O–H groups in total. The predicted octanol–water partition coefficient (Wildman–Crippen LogP) is -1.49. The van der Waals surface area contributed by atoms with Crippen molar-refractivity contribution in [2.24, 2.45) is 0 Å². The number of likely N-dealkylation sites (tertiary alicyclic amines) is 1. The van der Waals surface area contributed by atoms with Gasteiger partial charge in [0.2, 0.25) is 5.91 Å². The second-order valence-electron chi connectivity index (χ2n) is 6.71. The lowest BCUT2D eigenvalue weighted by molar-refractivity contribution is -1.02. The summed E-state index contributed by atoms with van der Waals surface area (Å²) in [6.45, 7) is 7.72. The topological polar surface area (TPSA) is 46.3 Å². The van der Waals surface area contributed by atoms with Gasteiger partial charge in [0.1, 0.15) is 32.7 Å². The maximum Gasteiger partial charge on any atom is 0.288 e. The van der Waals surface area contributed by atoms with Crippen molar-refractivity contribution >= 4 is 11.8 Å². The normalized spacial score (nSPS) is 28.4. The van der Waals surface area contributed by atoms with E-state index in [1.54, 1.807) is 4.90 Å². The van der Waals surface area contributed by atoms with Crippen molar-refractivity contribution in [2.45, 2.75) is 32.4 Å². The van der Waals surface area contributed by atoms with Crippen molar-refractivity contribution in [2.75, 3.05) is 32.7 Å². The Morgan fingerprint density at radius 1 is 1.09 bits per heavy atom. The van der Waals surface area contributed by atoms with Crippen LogP contribution in [0, 0.1) is 0 Å². The number of nitrogens with zero attached hydrogens (tertiary/aromatic N) is 1. The van der Waals surface area contributed by atoms with Crippen LogP contribution in [0.1, 0.15) is 25.3 Å². The third-order valence-electron chi connectivity index (χ3n) is 5.08. The highest BCUT2D eigenvalue weighted by Gasteiger charge is 2.45. The van der Waals surface area contributed by atoms with Crippen LogP contribution < -0.4 is 9.80 Å². The number of quaternary nitrogens is 2. The molecule has 0 saturated carbocycles. The van der Waals surface area contributed by atoms with Crippen LogP contribution >= 0.6 is 0 Å². The summed E-state index contributed by atoms with van der Waals surface area (Å²) in [6.07, 6.45) is 1.25. The number of piperazine rings is 1. The summed E-state index contributed by atoms with van der Waals surface area (Å²) in [5.41, 5.74) is 1.37. The number of benzene rings is 1. The molecule has 0 radical (unpaired) electrons. The van der Waals surface area contributed by atoms with Crippen molar-refractivity contribution < 1.29 is 19.4 Å². The molecule has 1 aromatic rings. The SMILES string of the molecule is CCCN1C(=O)C[C@@H]([NH+]2CC[NH+](Cc3ccccc3)CC2)C1=O. The van der Waals surface area contributed by atoms with Gasteiger partial charge in [-0.05, 0) is 6.42 Å². The molecule has 5 nitrogen and oxygen atoms in total. The third kappa shape index (κ3) is 3.62. The van der Waals surface area contributed by atoms with Crippen molar-refractivity contribution in [1.82, 2.24) is 4.90 Å². The first-order chi connectivity index (χ1) is 11.2. The highest BCUT2D eigenvalue weighted by molar-refractivity contribution is 6.04. The van der Waals surface area contributed by atoms with Crippen LogP contribution in [0.4, 0.5) is 0 Å². The summed E-state index contributed by atoms with van der Waals surface area (Å²) in [4.78, 5) is 28.8. The number of rotatable bonds is 5. The average Bonchev–Trinajstić information content (AvgIpc) is 2.85. The fourth-order valence-corrected chi connectivity index (χ4v) is 3.80. The van der Waals surface area contributed by atoms with E-state index in [0.29, 0.717) is 13.0 Å². The molecule has 23 heavy (non-hydrogen) atoms. The monoisotopic (exact) mass is 317 g/mol. The molecular formula is C18H27N3O2+2. The van der Waals surface area contributed by atoms with Crippen molar-refractivity contribution in [1.29, 1.82) is 0 Å². The van der Waals surface area contributed by atoms with Crippen LogP contribution in [-0.4, -0.2) is 55.5 Å². The highest BCUT2D eigenvalue weighted by Crippen LogP contribution is 2.11. The maximum atomic E-state index is 12.5. The molecule has 0 spiro atoms. The maximum absolute atomic E-state index is 12.5. The zero-order valence-corrected chi connectivity index (χ0v) is 13.9. The molecule has 0 unspecified atom stereocenters. The standard InChI is InChI=1S/C18H25N3O2/c1-2-8-21-17(22)13-16(18(21)23)20-11-9-19(10-12-20)14-15-6-4-3-5-7-15/h3-7,16H,2,8-14H2,1H3/p+2/t16-/m1/s1. The van der Waals surface area contributed by atoms with E-state index in [9.17, 15) is 9.59 Å². The number of hydrogen-bond acceptors (Lipinski definition) is 2. The zero-order chi connectivity index (χ0) is 16.2. The van der Waals surface area contributed by atoms with Gasteiger partial charge in [-0.1, -0.05) is 37.3 Å². The van der Waals surface area contributed by atoms with Gasteiger partial charge in [-0.2, -0.15) is 0 Å². The van der Waals surface area contributed by atoms with Gasteiger partial charge in [0.25, 0.3) is 5.91 Å². The van der Waals surface area contributed by atoms with Gasteiger partial charge in [-0.15, -0.1) is 0 Å². The van der Waals surface area contributed by atoms with E-state index in [-0.39, 0.29) is 17.9 Å². The quantitative estimate of drug-likeness (QED) is 0.650. The van der Waals surface area contributed by atoms with Crippen LogP contribution in [0.25, 0.3) is 0 Å². The van der Waals surface area contributed by atoms with Crippen LogP contribution in [0.3, 0.4) is 0 Å². The van der Waals surface area contributed by atoms with Crippen LogP contribution in [0.15, 0.2) is 30.3 Å². The molecule has 0 bridgehead atoms. The predicted molar refractivity (Wildman–Crippen MR) is 87.0 cm³/mol. The van der Waals surface area contributed by atoms with Gasteiger partial charge in [-0.25, -0.2) is 0 Å². The van der Waals surface area contributed by atoms with Crippen molar-refractivity contribution in [3.05, 3.63) is 35.9 Å². The molecule has 2 amide bonds. The summed E-state index contributed by atoms with van der Waals surface area (Å²) in [5, 5.41) is 0. The van der Waals surface area contributed by atoms with Crippen LogP contribution in [0.2, 0.25) is 0 Å². The van der Waals surface area contributed by atoms with Gasteiger partial charge < -0.3 is 9.80 Å². The molecule has 0 aliphatic carbocycles. The van der Waals surface area contributed by atoms with E-state index in [4.69, 9.17) is 0 Å². The average molecular weight is 317 g/mol. The van der Waals surface area contributed by atoms with Crippen molar-refractivity contribution in [3.63, 3.8) is 0 Å². The van der Waals surface area contributed by atoms with Gasteiger partial charge in [0.15, 0.2) is 6.04 Å². The molecule has 1 atom stereocenters. The van der Waals surface area contributed by atoms with E-state index in [1.807, 2.05) is 13.0 Å². The van der Waals surface area contributed by atoms with E-state index in [2.05, 4.69) is 24.3 Å². The summed E-state index contributed by atoms with van der Waals surface area (Å²) < 4.78 is 0. The molecule has 5 heteroatoms. The van der Waals surface area contributed by atoms with Gasteiger partial charge in [-0.3, -0.25) is 14.5 Å². The summed E-state index contributed by atoms with van der Waals surface area (Å²) in [5.74, 6) is 0.0757. The molecule has 124 valence electrons. The zero-order valence-electron chi connectivity index (χ0n) is 13.9. The number of nitrogens with one attached hydrogen (secondary N) is 2. The number of imide groups is 1. The largest absolute Gasteiger partial charge is 0.322 e. The molecule has 2 saturated heterocycles. The van der Waals surface area contributed by atoms with Gasteiger partial charge in [0, 0.05) is 12.1 Å². The fraction of sp³-hybridized carbons (Fsp3) is 0.556. The Kier molecular flexibility index (Phi) is 5.08. The van der Waals surface area contributed by atoms with Gasteiger partial charge >= 0.3 is 0 Å². The fourth-order valence-electron chi connectivity index (χ4n) is 3.80. The number of carbonyl (C=O) groups is 2. The van der Waals surface area contributed by atoms with Crippen LogP contribution in [-0.2, 0) is 16.1 Å². The molecule has 2 aliphatic heterocycles. The van der Waals surface area contributed by atoms with E-state index < -0.39 is 0 Å². The molecular weight excluding hydrogens is 290 g/mol. The molecule has 3 rings (SSSR count). The lowest BCUT2D eigenvalue weighted by Gasteiger charge is -2.32. The Balaban J connectivity index is 1.53. The Morgan fingerprint density at radius 2 is 1.78 bits per heavy atom. The Labute approximate surface area is 137 Å². The van der Waals surface area contributed by atoms with E-state index in [1.165, 1.54) is 15.4 Å². The lowest BCUT2D eigenvalue weighted by atomic mass is 10.1. The van der Waals surface area contributed by atoms with Crippen molar-refractivity contribution in [3.8, 4) is 0 Å². The number of amides is 2. The van der Waals surface area contributed by atoms with E-state index in [0.717, 1.165) is 39.1 Å². The molecule has 2 aliphatic rings. The second-order valence-corrected chi connectivity index (χ2v) is 6.71. The Hall–Kier alpha value is -1.72. The first-order valence-corrected chi connectivity index (χ1v) is 8.75. The molecule has 2 heterocycles. The van der Waals surface area contributed by atoms with E-state index >= 15 is 0 Å². The minimum Gasteiger partial charge on any atom is -0.322 e. The first-order valence-electron chi connectivity index (χ1n) is 8.75. The molecule has 0 aromatic heterocycles. The lowest BCUT2D eigenvalue weighted by Crippen LogP contribution is -3.29. The first kappa shape index (κ1) is 16.1. The summed E-state index contributed by atoms with van der Waals surface area (Å²) >= 11 is 0. The molecule has 2 fully saturated rings. The molecule has 1 aromatic carbocycles. The summed E-state index contributed by atoms with van der Waals surface area (Å²) in [6, 6.07) is 10.4. The minimum absolute atomic E-state index is 0.0217. The highest BCUT2D eigenvalue weighted by atomic mass is 16.2. The Bertz CT molecular complexity index is 553. The number of hydrogen-bond donors (Lipinski definition) is 2. The smallest absolute Gasteiger partial charge is 0.288 e. The summed E-state index contributed by atoms with van der Waals surface area (Å²) in [7, 11) is 0. The number of carbonyl (C=O) groups excluding carboxylic acids is 2. The Morgan fingerprint density at radius 3 is 2.43 bits per heavy atom. The minimum atomic E-state index is -0.132. The second kappa shape index (κ2) is 7.23. The third-order valence-corrected chi connectivity index (χ3v) is 5.08. The van der Waals surface area contributed by atoms with Crippen LogP contribution in [0.5, 0.6) is 0 Å². The van der Waals surface area contributed by atoms with Gasteiger partial charge in [0.05, 0.1) is 6.42 Å².